The number of nitrogens with zero attached hydrogens (tertiary/aromatic N) is 2. The van der Waals surface area contributed by atoms with E-state index in [1.165, 1.54) is 0 Å². The Kier molecular flexibility index (Phi) is 2.57. The molecule has 0 fully saturated rings. The van der Waals surface area contributed by atoms with Crippen LogP contribution in [0.15, 0.2) is 27.8 Å². The van der Waals surface area contributed by atoms with Crippen LogP contribution >= 0.6 is 15.9 Å². The fourth-order valence-corrected chi connectivity index (χ4v) is 0.986. The smallest absolute Gasteiger partial charge is 0.106 e. The molecule has 0 unspecified atom stereocenters. The van der Waals surface area contributed by atoms with Gasteiger partial charge in [-0.15, -0.1) is 0 Å². The van der Waals surface area contributed by atoms with Crippen molar-refractivity contribution in [1.29, 1.82) is 0 Å². The minimum absolute atomic E-state index is 0.838. The van der Waals surface area contributed by atoms with Gasteiger partial charge in [-0.05, 0) is 28.1 Å². The molecule has 0 aliphatic rings. The molecule has 1 heterocycles. The Morgan fingerprint density at radius 3 is 3.00 bits per heavy atom. The third-order valence-electron chi connectivity index (χ3n) is 0.998. The molecule has 0 spiro atoms. The van der Waals surface area contributed by atoms with E-state index in [0.717, 1.165) is 10.3 Å². The summed E-state index contributed by atoms with van der Waals surface area (Å²) in [5.41, 5.74) is 0.872. The number of aromatic nitrogens is 1. The maximum Gasteiger partial charge on any atom is 0.106 e. The van der Waals surface area contributed by atoms with Crippen molar-refractivity contribution in [1.82, 2.24) is 4.98 Å². The van der Waals surface area contributed by atoms with E-state index in [4.69, 9.17) is 0 Å². The highest BCUT2D eigenvalue weighted by Gasteiger charge is 1.88. The summed E-state index contributed by atoms with van der Waals surface area (Å²) in [4.78, 5) is 7.97. The van der Waals surface area contributed by atoms with Crippen molar-refractivity contribution in [3.8, 4) is 0 Å². The number of rotatable bonds is 1. The predicted octanol–water partition coefficient (Wildman–Crippen LogP) is 1.89. The molecule has 2 nitrogen and oxygen atoms in total. The molecule has 0 saturated carbocycles. The number of aliphatic imine (C=N–C) groups is 1. The van der Waals surface area contributed by atoms with Crippen LogP contribution in [-0.2, 0) is 0 Å². The highest BCUT2D eigenvalue weighted by molar-refractivity contribution is 9.10. The van der Waals surface area contributed by atoms with Crippen LogP contribution in [0.4, 0.5) is 0 Å². The number of hydrogen-bond donors (Lipinski definition) is 0. The van der Waals surface area contributed by atoms with Crippen LogP contribution in [0.5, 0.6) is 0 Å². The lowest BCUT2D eigenvalue weighted by Crippen LogP contribution is -1.85. The molecule has 0 aliphatic carbocycles. The lowest BCUT2D eigenvalue weighted by atomic mass is 10.4. The third-order valence-corrected chi connectivity index (χ3v) is 1.44. The molecule has 0 atom stereocenters. The first kappa shape index (κ1) is 7.41. The Balaban J connectivity index is 2.95. The number of halogens is 1. The second-order valence-corrected chi connectivity index (χ2v) is 2.58. The van der Waals surface area contributed by atoms with Gasteiger partial charge in [0.25, 0.3) is 0 Å². The van der Waals surface area contributed by atoms with Crippen molar-refractivity contribution in [3.05, 3.63) is 28.5 Å². The molecule has 0 bridgehead atoms. The van der Waals surface area contributed by atoms with Crippen LogP contribution in [0.1, 0.15) is 5.69 Å². The molecule has 0 amide bonds. The van der Waals surface area contributed by atoms with Gasteiger partial charge in [0, 0.05) is 13.3 Å². The largest absolute Gasteiger partial charge is 0.294 e. The summed E-state index contributed by atoms with van der Waals surface area (Å²) in [6.07, 6.45) is 1.71. The van der Waals surface area contributed by atoms with Gasteiger partial charge in [-0.25, -0.2) is 4.98 Å². The highest BCUT2D eigenvalue weighted by Crippen LogP contribution is 2.04. The van der Waals surface area contributed by atoms with Crippen molar-refractivity contribution < 1.29 is 0 Å². The summed E-state index contributed by atoms with van der Waals surface area (Å²) in [6, 6.07) is 5.71. The molecule has 10 heavy (non-hydrogen) atoms. The molecule has 0 N–H and O–H groups in total. The number of hydrogen-bond acceptors (Lipinski definition) is 2. The first-order chi connectivity index (χ1) is 4.83. The lowest BCUT2D eigenvalue weighted by Gasteiger charge is -1.90. The van der Waals surface area contributed by atoms with E-state index in [2.05, 4.69) is 25.9 Å². The summed E-state index contributed by atoms with van der Waals surface area (Å²) >= 11 is 3.26. The Bertz CT molecular complexity index is 245. The van der Waals surface area contributed by atoms with Crippen LogP contribution in [0.2, 0.25) is 0 Å². The van der Waals surface area contributed by atoms with Gasteiger partial charge in [0.05, 0.1) is 5.69 Å². The summed E-state index contributed by atoms with van der Waals surface area (Å²) in [6.45, 7) is 0. The SMILES string of the molecule is C/N=C/c1cccc(Br)n1. The van der Waals surface area contributed by atoms with E-state index in [9.17, 15) is 0 Å². The van der Waals surface area contributed by atoms with E-state index in [1.807, 2.05) is 18.2 Å². The van der Waals surface area contributed by atoms with Gasteiger partial charge >= 0.3 is 0 Å². The molecule has 3 heteroatoms. The van der Waals surface area contributed by atoms with Gasteiger partial charge in [-0.2, -0.15) is 0 Å². The predicted molar refractivity (Wildman–Crippen MR) is 45.5 cm³/mol. The zero-order chi connectivity index (χ0) is 7.40. The third kappa shape index (κ3) is 1.92. The summed E-state index contributed by atoms with van der Waals surface area (Å²) in [7, 11) is 1.72. The molecule has 1 aromatic heterocycles. The molecular formula is C7H7BrN2. The second-order valence-electron chi connectivity index (χ2n) is 1.77. The monoisotopic (exact) mass is 198 g/mol. The summed E-state index contributed by atoms with van der Waals surface area (Å²) < 4.78 is 0.838. The first-order valence-corrected chi connectivity index (χ1v) is 3.67. The van der Waals surface area contributed by atoms with Crippen molar-refractivity contribution in [2.24, 2.45) is 4.99 Å². The Morgan fingerprint density at radius 2 is 2.40 bits per heavy atom. The maximum absolute atomic E-state index is 4.13. The summed E-state index contributed by atoms with van der Waals surface area (Å²) in [5, 5.41) is 0. The average Bonchev–Trinajstić information content (AvgIpc) is 1.88. The molecule has 0 radical (unpaired) electrons. The quantitative estimate of drug-likeness (QED) is 0.500. The summed E-state index contributed by atoms with van der Waals surface area (Å²) in [5.74, 6) is 0. The minimum Gasteiger partial charge on any atom is -0.294 e. The van der Waals surface area contributed by atoms with Gasteiger partial charge in [-0.3, -0.25) is 4.99 Å². The first-order valence-electron chi connectivity index (χ1n) is 2.87. The van der Waals surface area contributed by atoms with Crippen LogP contribution in [0.25, 0.3) is 0 Å². The van der Waals surface area contributed by atoms with Crippen molar-refractivity contribution in [3.63, 3.8) is 0 Å². The van der Waals surface area contributed by atoms with Gasteiger partial charge in [0.15, 0.2) is 0 Å². The minimum atomic E-state index is 0.838. The van der Waals surface area contributed by atoms with Crippen LogP contribution < -0.4 is 0 Å². The Labute approximate surface area is 68.1 Å². The van der Waals surface area contributed by atoms with Crippen LogP contribution in [0.3, 0.4) is 0 Å². The second kappa shape index (κ2) is 3.46. The van der Waals surface area contributed by atoms with Crippen molar-refractivity contribution in [2.45, 2.75) is 0 Å². The fourth-order valence-electron chi connectivity index (χ4n) is 0.628. The van der Waals surface area contributed by atoms with E-state index in [0.29, 0.717) is 0 Å². The molecule has 1 rings (SSSR count). The molecule has 0 aliphatic heterocycles. The van der Waals surface area contributed by atoms with Gasteiger partial charge in [0.1, 0.15) is 4.60 Å². The van der Waals surface area contributed by atoms with E-state index in [1.54, 1.807) is 13.3 Å². The number of pyridine rings is 1. The molecule has 52 valence electrons. The van der Waals surface area contributed by atoms with E-state index < -0.39 is 0 Å². The van der Waals surface area contributed by atoms with E-state index >= 15 is 0 Å². The van der Waals surface area contributed by atoms with Gasteiger partial charge in [-0.1, -0.05) is 6.07 Å². The lowest BCUT2D eigenvalue weighted by molar-refractivity contribution is 1.25. The van der Waals surface area contributed by atoms with Gasteiger partial charge < -0.3 is 0 Å². The van der Waals surface area contributed by atoms with E-state index in [-0.39, 0.29) is 0 Å². The van der Waals surface area contributed by atoms with Crippen molar-refractivity contribution in [2.75, 3.05) is 7.05 Å². The Morgan fingerprint density at radius 1 is 1.60 bits per heavy atom. The molecule has 0 aromatic carbocycles. The standard InChI is InChI=1S/C7H7BrN2/c1-9-5-6-3-2-4-7(8)10-6/h2-5H,1H3/b9-5+. The molecule has 1 aromatic rings. The highest BCUT2D eigenvalue weighted by atomic mass is 79.9. The molecular weight excluding hydrogens is 192 g/mol. The normalized spacial score (nSPS) is 10.6. The zero-order valence-electron chi connectivity index (χ0n) is 5.58. The van der Waals surface area contributed by atoms with Crippen LogP contribution in [-0.4, -0.2) is 18.2 Å². The zero-order valence-corrected chi connectivity index (χ0v) is 7.17. The Hall–Kier alpha value is -0.700. The van der Waals surface area contributed by atoms with Crippen molar-refractivity contribution >= 4 is 22.1 Å². The average molecular weight is 199 g/mol. The maximum atomic E-state index is 4.13. The molecule has 0 saturated heterocycles. The van der Waals surface area contributed by atoms with Gasteiger partial charge in [0.2, 0.25) is 0 Å². The topological polar surface area (TPSA) is 25.2 Å². The fraction of sp³-hybridized carbons (Fsp3) is 0.143. The van der Waals surface area contributed by atoms with Crippen LogP contribution in [0, 0.1) is 0 Å².